The molecular formula is C12H14ClNO2. The fourth-order valence-electron chi connectivity index (χ4n) is 1.80. The first-order chi connectivity index (χ1) is 7.81. The molecule has 1 aromatic rings. The maximum absolute atomic E-state index is 6.00. The van der Waals surface area contributed by atoms with E-state index in [1.54, 1.807) is 0 Å². The predicted molar refractivity (Wildman–Crippen MR) is 63.1 cm³/mol. The Hall–Kier alpha value is -0.770. The Morgan fingerprint density at radius 1 is 1.19 bits per heavy atom. The standard InChI is InChI=1S/C12H14ClNO2/c13-9-2-1-3-10(4-9)14(5-11-7-15-11)6-12-8-16-12/h1-4,11-12H,5-8H2/t11-,12+. The van der Waals surface area contributed by atoms with Crippen LogP contribution < -0.4 is 4.90 Å². The highest BCUT2D eigenvalue weighted by Crippen LogP contribution is 2.24. The molecule has 0 aromatic heterocycles. The SMILES string of the molecule is Clc1cccc(N(C[C@H]2CO2)C[C@@H]2CO2)c1. The molecule has 2 atom stereocenters. The third-order valence-electron chi connectivity index (χ3n) is 2.83. The molecule has 16 heavy (non-hydrogen) atoms. The van der Waals surface area contributed by atoms with Gasteiger partial charge in [0.15, 0.2) is 0 Å². The highest BCUT2D eigenvalue weighted by atomic mass is 35.5. The fourth-order valence-corrected chi connectivity index (χ4v) is 1.98. The van der Waals surface area contributed by atoms with Crippen molar-refractivity contribution in [3.05, 3.63) is 29.3 Å². The van der Waals surface area contributed by atoms with Gasteiger partial charge in [-0.15, -0.1) is 0 Å². The Morgan fingerprint density at radius 3 is 2.31 bits per heavy atom. The van der Waals surface area contributed by atoms with E-state index < -0.39 is 0 Å². The molecule has 2 aliphatic rings. The first-order valence-corrected chi connectivity index (χ1v) is 5.93. The minimum atomic E-state index is 0.387. The highest BCUT2D eigenvalue weighted by molar-refractivity contribution is 6.30. The van der Waals surface area contributed by atoms with Crippen molar-refractivity contribution in [2.45, 2.75) is 12.2 Å². The van der Waals surface area contributed by atoms with Crippen LogP contribution in [0.5, 0.6) is 0 Å². The summed E-state index contributed by atoms with van der Waals surface area (Å²) in [6, 6.07) is 7.94. The maximum atomic E-state index is 6.00. The van der Waals surface area contributed by atoms with E-state index in [1.165, 1.54) is 0 Å². The van der Waals surface area contributed by atoms with Gasteiger partial charge in [-0.1, -0.05) is 17.7 Å². The Bertz CT molecular complexity index is 363. The molecule has 0 unspecified atom stereocenters. The van der Waals surface area contributed by atoms with E-state index in [2.05, 4.69) is 11.0 Å². The normalized spacial score (nSPS) is 26.6. The lowest BCUT2D eigenvalue weighted by Crippen LogP contribution is -2.31. The van der Waals surface area contributed by atoms with Crippen LogP contribution in [0.25, 0.3) is 0 Å². The van der Waals surface area contributed by atoms with E-state index in [-0.39, 0.29) is 0 Å². The van der Waals surface area contributed by atoms with Crippen molar-refractivity contribution in [2.75, 3.05) is 31.2 Å². The summed E-state index contributed by atoms with van der Waals surface area (Å²) in [4.78, 5) is 2.29. The number of nitrogens with zero attached hydrogens (tertiary/aromatic N) is 1. The van der Waals surface area contributed by atoms with Crippen LogP contribution >= 0.6 is 11.6 Å². The number of hydrogen-bond acceptors (Lipinski definition) is 3. The number of anilines is 1. The van der Waals surface area contributed by atoms with Crippen LogP contribution in [0.15, 0.2) is 24.3 Å². The third kappa shape index (κ3) is 2.67. The summed E-state index contributed by atoms with van der Waals surface area (Å²) in [6.45, 7) is 3.62. The van der Waals surface area contributed by atoms with E-state index in [4.69, 9.17) is 21.1 Å². The van der Waals surface area contributed by atoms with E-state index in [0.29, 0.717) is 12.2 Å². The first kappa shape index (κ1) is 10.4. The quantitative estimate of drug-likeness (QED) is 0.736. The van der Waals surface area contributed by atoms with Crippen molar-refractivity contribution in [3.8, 4) is 0 Å². The highest BCUT2D eigenvalue weighted by Gasteiger charge is 2.30. The van der Waals surface area contributed by atoms with Crippen LogP contribution in [-0.4, -0.2) is 38.5 Å². The van der Waals surface area contributed by atoms with Gasteiger partial charge in [0.2, 0.25) is 0 Å². The summed E-state index contributed by atoms with van der Waals surface area (Å²) < 4.78 is 10.6. The molecule has 0 bridgehead atoms. The number of halogens is 1. The molecule has 0 saturated carbocycles. The Labute approximate surface area is 99.9 Å². The second-order valence-electron chi connectivity index (χ2n) is 4.30. The predicted octanol–water partition coefficient (Wildman–Crippen LogP) is 1.94. The zero-order valence-corrected chi connectivity index (χ0v) is 9.69. The Balaban J connectivity index is 1.73. The van der Waals surface area contributed by atoms with Gasteiger partial charge in [0, 0.05) is 23.8 Å². The smallest absolute Gasteiger partial charge is 0.0984 e. The molecule has 86 valence electrons. The molecule has 2 heterocycles. The first-order valence-electron chi connectivity index (χ1n) is 5.55. The summed E-state index contributed by atoms with van der Waals surface area (Å²) in [5.41, 5.74) is 1.15. The molecule has 3 rings (SSSR count). The molecule has 0 N–H and O–H groups in total. The Kier molecular flexibility index (Phi) is 2.75. The average molecular weight is 240 g/mol. The number of ether oxygens (including phenoxy) is 2. The molecule has 3 nitrogen and oxygen atoms in total. The number of benzene rings is 1. The number of hydrogen-bond donors (Lipinski definition) is 0. The monoisotopic (exact) mass is 239 g/mol. The molecule has 0 aliphatic carbocycles. The zero-order valence-electron chi connectivity index (χ0n) is 8.93. The Morgan fingerprint density at radius 2 is 1.81 bits per heavy atom. The molecule has 2 fully saturated rings. The minimum Gasteiger partial charge on any atom is -0.371 e. The topological polar surface area (TPSA) is 28.3 Å². The third-order valence-corrected chi connectivity index (χ3v) is 3.06. The van der Waals surface area contributed by atoms with Gasteiger partial charge >= 0.3 is 0 Å². The average Bonchev–Trinajstić information content (AvgIpc) is 3.11. The van der Waals surface area contributed by atoms with Gasteiger partial charge in [-0.3, -0.25) is 0 Å². The van der Waals surface area contributed by atoms with Crippen molar-refractivity contribution in [1.82, 2.24) is 0 Å². The lowest BCUT2D eigenvalue weighted by Gasteiger charge is -2.23. The number of rotatable bonds is 5. The van der Waals surface area contributed by atoms with Gasteiger partial charge in [0.05, 0.1) is 25.4 Å². The van der Waals surface area contributed by atoms with Crippen LogP contribution in [0.1, 0.15) is 0 Å². The van der Waals surface area contributed by atoms with Crippen molar-refractivity contribution in [2.24, 2.45) is 0 Å². The lowest BCUT2D eigenvalue weighted by atomic mass is 10.2. The summed E-state index contributed by atoms with van der Waals surface area (Å²) in [6.07, 6.45) is 0.774. The van der Waals surface area contributed by atoms with Crippen LogP contribution in [-0.2, 0) is 9.47 Å². The van der Waals surface area contributed by atoms with E-state index >= 15 is 0 Å². The van der Waals surface area contributed by atoms with Gasteiger partial charge in [-0.25, -0.2) is 0 Å². The largest absolute Gasteiger partial charge is 0.371 e. The summed E-state index contributed by atoms with van der Waals surface area (Å²) >= 11 is 6.00. The van der Waals surface area contributed by atoms with Crippen LogP contribution in [0.3, 0.4) is 0 Å². The van der Waals surface area contributed by atoms with Gasteiger partial charge in [0.1, 0.15) is 0 Å². The van der Waals surface area contributed by atoms with Crippen LogP contribution in [0, 0.1) is 0 Å². The van der Waals surface area contributed by atoms with E-state index in [1.807, 2.05) is 18.2 Å². The molecule has 2 aliphatic heterocycles. The van der Waals surface area contributed by atoms with Crippen molar-refractivity contribution >= 4 is 17.3 Å². The molecular weight excluding hydrogens is 226 g/mol. The van der Waals surface area contributed by atoms with E-state index in [0.717, 1.165) is 37.0 Å². The molecule has 0 spiro atoms. The van der Waals surface area contributed by atoms with Crippen LogP contribution in [0.4, 0.5) is 5.69 Å². The van der Waals surface area contributed by atoms with Crippen molar-refractivity contribution in [1.29, 1.82) is 0 Å². The van der Waals surface area contributed by atoms with E-state index in [9.17, 15) is 0 Å². The molecule has 0 radical (unpaired) electrons. The summed E-state index contributed by atoms with van der Waals surface area (Å²) in [5.74, 6) is 0. The van der Waals surface area contributed by atoms with Gasteiger partial charge < -0.3 is 14.4 Å². The van der Waals surface area contributed by atoms with Crippen molar-refractivity contribution < 1.29 is 9.47 Å². The molecule has 4 heteroatoms. The second-order valence-corrected chi connectivity index (χ2v) is 4.73. The van der Waals surface area contributed by atoms with Gasteiger partial charge in [-0.2, -0.15) is 0 Å². The minimum absolute atomic E-state index is 0.387. The summed E-state index contributed by atoms with van der Waals surface area (Å²) in [7, 11) is 0. The zero-order chi connectivity index (χ0) is 11.0. The molecule has 2 saturated heterocycles. The second kappa shape index (κ2) is 4.24. The van der Waals surface area contributed by atoms with Crippen LogP contribution in [0.2, 0.25) is 5.02 Å². The number of epoxide rings is 2. The van der Waals surface area contributed by atoms with Crippen molar-refractivity contribution in [3.63, 3.8) is 0 Å². The molecule has 0 amide bonds. The maximum Gasteiger partial charge on any atom is 0.0984 e. The lowest BCUT2D eigenvalue weighted by molar-refractivity contribution is 0.389. The van der Waals surface area contributed by atoms with Gasteiger partial charge in [-0.05, 0) is 18.2 Å². The fraction of sp³-hybridized carbons (Fsp3) is 0.500. The van der Waals surface area contributed by atoms with Gasteiger partial charge in [0.25, 0.3) is 0 Å². The summed E-state index contributed by atoms with van der Waals surface area (Å²) in [5, 5.41) is 0.774. The molecule has 1 aromatic carbocycles.